The van der Waals surface area contributed by atoms with Gasteiger partial charge in [-0.3, -0.25) is 9.59 Å². The third-order valence-corrected chi connectivity index (χ3v) is 4.89. The minimum absolute atomic E-state index is 0.140. The molecule has 10 heteroatoms. The molecule has 0 radical (unpaired) electrons. The summed E-state index contributed by atoms with van der Waals surface area (Å²) in [6.07, 6.45) is 5.08. The highest BCUT2D eigenvalue weighted by Gasteiger charge is 2.24. The molecule has 1 N–H and O–H groups in total. The zero-order valence-corrected chi connectivity index (χ0v) is 15.0. The topological polar surface area (TPSA) is 89.3 Å². The number of hydrogen-bond donors (Lipinski definition) is 1. The van der Waals surface area contributed by atoms with Crippen LogP contribution in [-0.2, 0) is 11.3 Å². The summed E-state index contributed by atoms with van der Waals surface area (Å²) in [5.41, 5.74) is 0.141. The molecule has 0 atom stereocenters. The summed E-state index contributed by atoms with van der Waals surface area (Å²) in [7, 11) is 1.57. The van der Waals surface area contributed by atoms with Crippen LogP contribution in [0.25, 0.3) is 5.13 Å². The largest absolute Gasteiger partial charge is 0.481 e. The number of thiazole rings is 1. The van der Waals surface area contributed by atoms with E-state index in [1.54, 1.807) is 36.4 Å². The average molecular weight is 387 g/mol. The number of carbonyl (C=O) groups excluding carboxylic acids is 2. The van der Waals surface area contributed by atoms with E-state index in [-0.39, 0.29) is 36.1 Å². The van der Waals surface area contributed by atoms with Crippen molar-refractivity contribution in [2.24, 2.45) is 0 Å². The van der Waals surface area contributed by atoms with Gasteiger partial charge < -0.3 is 15.0 Å². The Bertz CT molecular complexity index is 1020. The molecule has 0 unspecified atom stereocenters. The number of halogens is 1. The van der Waals surface area contributed by atoms with Gasteiger partial charge in [-0.1, -0.05) is 11.3 Å². The highest BCUT2D eigenvalue weighted by molar-refractivity contribution is 7.14. The normalized spacial score (nSPS) is 12.9. The highest BCUT2D eigenvalue weighted by Crippen LogP contribution is 2.31. The number of nitrogens with one attached hydrogen (secondary N) is 1. The van der Waals surface area contributed by atoms with Crippen molar-refractivity contribution in [3.63, 3.8) is 0 Å². The van der Waals surface area contributed by atoms with Gasteiger partial charge in [0.2, 0.25) is 5.13 Å². The van der Waals surface area contributed by atoms with E-state index in [9.17, 15) is 14.0 Å². The number of rotatable bonds is 4. The predicted octanol–water partition coefficient (Wildman–Crippen LogP) is 2.07. The summed E-state index contributed by atoms with van der Waals surface area (Å²) in [4.78, 5) is 30.6. The van der Waals surface area contributed by atoms with E-state index >= 15 is 0 Å². The van der Waals surface area contributed by atoms with Crippen molar-refractivity contribution in [1.82, 2.24) is 19.7 Å². The average Bonchev–Trinajstić information content (AvgIpc) is 3.32. The Balaban J connectivity index is 1.52. The van der Waals surface area contributed by atoms with E-state index < -0.39 is 11.7 Å². The Morgan fingerprint density at radius 1 is 1.48 bits per heavy atom. The van der Waals surface area contributed by atoms with Gasteiger partial charge in [-0.05, 0) is 12.1 Å². The van der Waals surface area contributed by atoms with E-state index in [0.29, 0.717) is 5.13 Å². The predicted molar refractivity (Wildman–Crippen MR) is 95.6 cm³/mol. The summed E-state index contributed by atoms with van der Waals surface area (Å²) in [5, 5.41) is 7.36. The molecule has 8 nitrogen and oxygen atoms in total. The van der Waals surface area contributed by atoms with E-state index in [1.165, 1.54) is 22.3 Å². The molecule has 0 spiro atoms. The molecule has 0 fully saturated rings. The molecular formula is C17H14FN5O3S. The number of carbonyl (C=O) groups is 2. The maximum absolute atomic E-state index is 14.4. The highest BCUT2D eigenvalue weighted by atomic mass is 32.1. The summed E-state index contributed by atoms with van der Waals surface area (Å²) in [6, 6.07) is 4.19. The zero-order chi connectivity index (χ0) is 19.0. The lowest BCUT2D eigenvalue weighted by Gasteiger charge is -2.21. The van der Waals surface area contributed by atoms with Crippen molar-refractivity contribution < 1.29 is 18.7 Å². The van der Waals surface area contributed by atoms with Gasteiger partial charge >= 0.3 is 0 Å². The second-order valence-electron chi connectivity index (χ2n) is 5.89. The smallest absolute Gasteiger partial charge is 0.262 e. The lowest BCUT2D eigenvalue weighted by molar-refractivity contribution is -0.118. The Labute approximate surface area is 157 Å². The van der Waals surface area contributed by atoms with Crippen LogP contribution in [0.2, 0.25) is 0 Å². The number of ether oxygens (including phenoxy) is 1. The van der Waals surface area contributed by atoms with Crippen LogP contribution >= 0.6 is 11.3 Å². The third kappa shape index (κ3) is 3.38. The third-order valence-electron chi connectivity index (χ3n) is 3.91. The first-order valence-electron chi connectivity index (χ1n) is 7.97. The Morgan fingerprint density at radius 2 is 2.33 bits per heavy atom. The fourth-order valence-electron chi connectivity index (χ4n) is 2.63. The van der Waals surface area contributed by atoms with Crippen LogP contribution in [0.1, 0.15) is 15.2 Å². The van der Waals surface area contributed by atoms with Crippen LogP contribution < -0.4 is 10.1 Å². The van der Waals surface area contributed by atoms with Gasteiger partial charge in [-0.15, -0.1) is 0 Å². The molecule has 3 aromatic rings. The number of amides is 2. The van der Waals surface area contributed by atoms with Gasteiger partial charge in [-0.2, -0.15) is 5.10 Å². The fourth-order valence-corrected chi connectivity index (χ4v) is 3.54. The number of anilines is 1. The van der Waals surface area contributed by atoms with E-state index in [1.807, 2.05) is 0 Å². The molecule has 3 heterocycles. The monoisotopic (exact) mass is 387 g/mol. The van der Waals surface area contributed by atoms with Crippen LogP contribution in [0.15, 0.2) is 36.8 Å². The minimum Gasteiger partial charge on any atom is -0.481 e. The first-order valence-corrected chi connectivity index (χ1v) is 8.79. The second-order valence-corrected chi connectivity index (χ2v) is 6.98. The van der Waals surface area contributed by atoms with Crippen molar-refractivity contribution in [2.75, 3.05) is 19.0 Å². The molecule has 0 saturated carbocycles. The van der Waals surface area contributed by atoms with Crippen LogP contribution in [0.3, 0.4) is 0 Å². The molecule has 0 bridgehead atoms. The van der Waals surface area contributed by atoms with Gasteiger partial charge in [0.15, 0.2) is 6.61 Å². The van der Waals surface area contributed by atoms with Crippen LogP contribution in [0.4, 0.5) is 10.1 Å². The Hall–Kier alpha value is -3.27. The summed E-state index contributed by atoms with van der Waals surface area (Å²) >= 11 is 1.38. The maximum atomic E-state index is 14.4. The van der Waals surface area contributed by atoms with Crippen molar-refractivity contribution >= 4 is 28.8 Å². The van der Waals surface area contributed by atoms with E-state index in [0.717, 1.165) is 10.9 Å². The van der Waals surface area contributed by atoms with Gasteiger partial charge in [0.1, 0.15) is 11.6 Å². The number of benzene rings is 1. The zero-order valence-electron chi connectivity index (χ0n) is 14.2. The second kappa shape index (κ2) is 6.80. The van der Waals surface area contributed by atoms with Crippen molar-refractivity contribution in [2.45, 2.75) is 6.54 Å². The number of fused-ring (bicyclic) bond motifs is 1. The lowest BCUT2D eigenvalue weighted by Crippen LogP contribution is -2.29. The first kappa shape index (κ1) is 17.2. The fraction of sp³-hybridized carbons (Fsp3) is 0.176. The molecule has 2 aromatic heterocycles. The van der Waals surface area contributed by atoms with Crippen LogP contribution in [-0.4, -0.2) is 45.1 Å². The molecule has 1 aromatic carbocycles. The molecule has 0 aliphatic carbocycles. The molecule has 1 aliphatic rings. The van der Waals surface area contributed by atoms with Gasteiger partial charge in [0.25, 0.3) is 11.8 Å². The molecule has 4 rings (SSSR count). The molecule has 2 amide bonds. The number of aromatic nitrogens is 3. The quantitative estimate of drug-likeness (QED) is 0.740. The van der Waals surface area contributed by atoms with Crippen molar-refractivity contribution in [3.8, 4) is 10.9 Å². The standard InChI is InChI=1S/C17H14FN5O3S/c1-22(8-10-7-19-17(27-10)23-4-2-3-20-23)16(25)11-5-13-14(6-12(11)18)26-9-15(24)21-13/h2-7H,8-9H2,1H3,(H,21,24). The molecule has 27 heavy (non-hydrogen) atoms. The minimum atomic E-state index is -0.705. The Morgan fingerprint density at radius 3 is 3.11 bits per heavy atom. The summed E-state index contributed by atoms with van der Waals surface area (Å²) in [5.74, 6) is -1.36. The number of hydrogen-bond acceptors (Lipinski definition) is 6. The summed E-state index contributed by atoms with van der Waals surface area (Å²) < 4.78 is 21.1. The van der Waals surface area contributed by atoms with E-state index in [4.69, 9.17) is 4.74 Å². The van der Waals surface area contributed by atoms with Gasteiger partial charge in [-0.25, -0.2) is 14.1 Å². The molecule has 0 saturated heterocycles. The molecular weight excluding hydrogens is 373 g/mol. The van der Waals surface area contributed by atoms with Crippen molar-refractivity contribution in [1.29, 1.82) is 0 Å². The van der Waals surface area contributed by atoms with Crippen LogP contribution in [0.5, 0.6) is 5.75 Å². The van der Waals surface area contributed by atoms with E-state index in [2.05, 4.69) is 15.4 Å². The van der Waals surface area contributed by atoms with Gasteiger partial charge in [0, 0.05) is 36.6 Å². The van der Waals surface area contributed by atoms with Crippen molar-refractivity contribution in [3.05, 3.63) is 53.0 Å². The maximum Gasteiger partial charge on any atom is 0.262 e. The summed E-state index contributed by atoms with van der Waals surface area (Å²) in [6.45, 7) is 0.0841. The lowest BCUT2D eigenvalue weighted by atomic mass is 10.1. The van der Waals surface area contributed by atoms with Gasteiger partial charge in [0.05, 0.1) is 17.8 Å². The molecule has 138 valence electrons. The Kier molecular flexibility index (Phi) is 4.32. The van der Waals surface area contributed by atoms with Crippen LogP contribution in [0, 0.1) is 5.82 Å². The SMILES string of the molecule is CN(Cc1cnc(-n2cccn2)s1)C(=O)c1cc2c(cc1F)OCC(=O)N2. The first-order chi connectivity index (χ1) is 13.0. The number of nitrogens with zero attached hydrogens (tertiary/aromatic N) is 4. The molecule has 1 aliphatic heterocycles.